The number of carbonyl (C=O) groups excluding carboxylic acids is 1. The van der Waals surface area contributed by atoms with E-state index in [1.165, 1.54) is 11.3 Å². The van der Waals surface area contributed by atoms with E-state index >= 15 is 0 Å². The molecule has 0 unspecified atom stereocenters. The third kappa shape index (κ3) is 5.73. The van der Waals surface area contributed by atoms with Crippen molar-refractivity contribution in [1.29, 1.82) is 0 Å². The second kappa shape index (κ2) is 9.63. The molecule has 2 heterocycles. The molecule has 1 fully saturated rings. The van der Waals surface area contributed by atoms with Crippen LogP contribution in [0.3, 0.4) is 0 Å². The fourth-order valence-electron chi connectivity index (χ4n) is 4.01. The van der Waals surface area contributed by atoms with Gasteiger partial charge in [0, 0.05) is 62.1 Å². The van der Waals surface area contributed by atoms with Crippen LogP contribution in [0.4, 0.5) is 5.69 Å². The minimum absolute atomic E-state index is 0.0631. The van der Waals surface area contributed by atoms with Crippen LogP contribution in [-0.4, -0.2) is 59.9 Å². The number of hydrogen-bond donors (Lipinski definition) is 1. The first kappa shape index (κ1) is 21.7. The molecule has 2 aromatic rings. The van der Waals surface area contributed by atoms with Gasteiger partial charge in [-0.05, 0) is 51.5 Å². The predicted octanol–water partition coefficient (Wildman–Crippen LogP) is 3.35. The number of amides is 1. The normalized spacial score (nSPS) is 16.1. The van der Waals surface area contributed by atoms with Crippen molar-refractivity contribution in [2.24, 2.45) is 0 Å². The molecule has 3 rings (SSSR count). The maximum Gasteiger partial charge on any atom is 0.222 e. The lowest BCUT2D eigenvalue weighted by molar-refractivity contribution is -0.121. The molecular weight excluding hydrogens is 386 g/mol. The fourth-order valence-corrected chi connectivity index (χ4v) is 4.17. The van der Waals surface area contributed by atoms with E-state index in [1.54, 1.807) is 0 Å². The Morgan fingerprint density at radius 2 is 1.90 bits per heavy atom. The van der Waals surface area contributed by atoms with Crippen LogP contribution in [0.25, 0.3) is 0 Å². The Morgan fingerprint density at radius 1 is 1.17 bits per heavy atom. The number of carbonyl (C=O) groups is 1. The largest absolute Gasteiger partial charge is 0.369 e. The van der Waals surface area contributed by atoms with Crippen LogP contribution in [0.15, 0.2) is 24.3 Å². The molecule has 1 saturated heterocycles. The number of anilines is 1. The molecule has 29 heavy (non-hydrogen) atoms. The van der Waals surface area contributed by atoms with Crippen molar-refractivity contribution in [3.63, 3.8) is 0 Å². The van der Waals surface area contributed by atoms with E-state index in [0.29, 0.717) is 13.0 Å². The zero-order valence-electron chi connectivity index (χ0n) is 17.9. The van der Waals surface area contributed by atoms with Gasteiger partial charge >= 0.3 is 0 Å². The average molecular weight is 418 g/mol. The highest BCUT2D eigenvalue weighted by Crippen LogP contribution is 2.25. The molecular formula is C22H32ClN5O. The third-order valence-electron chi connectivity index (χ3n) is 5.58. The van der Waals surface area contributed by atoms with E-state index in [0.717, 1.165) is 49.1 Å². The van der Waals surface area contributed by atoms with Crippen LogP contribution in [0.1, 0.15) is 36.3 Å². The Morgan fingerprint density at radius 3 is 2.55 bits per heavy atom. The molecule has 1 atom stereocenters. The van der Waals surface area contributed by atoms with Crippen LogP contribution >= 0.6 is 11.6 Å². The van der Waals surface area contributed by atoms with E-state index < -0.39 is 0 Å². The Kier molecular flexibility index (Phi) is 7.19. The molecule has 0 bridgehead atoms. The molecule has 0 spiro atoms. The predicted molar refractivity (Wildman–Crippen MR) is 119 cm³/mol. The Balaban J connectivity index is 1.39. The topological polar surface area (TPSA) is 53.4 Å². The van der Waals surface area contributed by atoms with Crippen LogP contribution in [-0.2, 0) is 4.79 Å². The summed E-state index contributed by atoms with van der Waals surface area (Å²) in [7, 11) is 0. The van der Waals surface area contributed by atoms with Crippen LogP contribution in [0.5, 0.6) is 0 Å². The Hall–Kier alpha value is -2.05. The third-order valence-corrected chi connectivity index (χ3v) is 5.81. The molecule has 1 amide bonds. The van der Waals surface area contributed by atoms with Gasteiger partial charge in [-0.25, -0.2) is 0 Å². The summed E-state index contributed by atoms with van der Waals surface area (Å²) in [6.45, 7) is 13.7. The summed E-state index contributed by atoms with van der Waals surface area (Å²) in [4.78, 5) is 17.1. The van der Waals surface area contributed by atoms with Crippen molar-refractivity contribution in [3.8, 4) is 0 Å². The summed E-state index contributed by atoms with van der Waals surface area (Å²) >= 11 is 6.16. The monoisotopic (exact) mass is 417 g/mol. The van der Waals surface area contributed by atoms with Crippen molar-refractivity contribution < 1.29 is 4.79 Å². The van der Waals surface area contributed by atoms with Crippen molar-refractivity contribution in [1.82, 2.24) is 20.0 Å². The van der Waals surface area contributed by atoms with Gasteiger partial charge in [0.2, 0.25) is 5.91 Å². The molecule has 1 aliphatic heterocycles. The molecule has 0 radical (unpaired) electrons. The summed E-state index contributed by atoms with van der Waals surface area (Å²) < 4.78 is 1.94. The molecule has 1 aliphatic rings. The van der Waals surface area contributed by atoms with Gasteiger partial charge in [-0.1, -0.05) is 17.7 Å². The van der Waals surface area contributed by atoms with Crippen molar-refractivity contribution >= 4 is 23.2 Å². The summed E-state index contributed by atoms with van der Waals surface area (Å²) in [6, 6.07) is 8.17. The van der Waals surface area contributed by atoms with Crippen molar-refractivity contribution in [2.45, 2.75) is 40.2 Å². The van der Waals surface area contributed by atoms with E-state index in [4.69, 9.17) is 11.6 Å². The molecule has 158 valence electrons. The molecule has 6 nitrogen and oxygen atoms in total. The summed E-state index contributed by atoms with van der Waals surface area (Å²) in [5.74, 6) is 0.0817. The highest BCUT2D eigenvalue weighted by Gasteiger charge is 2.19. The number of nitrogens with one attached hydrogen (secondary N) is 1. The van der Waals surface area contributed by atoms with Gasteiger partial charge in [-0.3, -0.25) is 14.4 Å². The molecule has 0 aliphatic carbocycles. The standard InChI is InChI=1S/C22H32ClN5O/c1-16-5-6-20(23)15-21(16)27-11-9-26(10-12-27)8-7-24-22(29)14-19(4)28-18(3)13-17(2)25-28/h5-6,13,15,19H,7-12,14H2,1-4H3,(H,24,29)/t19-/m0/s1. The van der Waals surface area contributed by atoms with Crippen molar-refractivity contribution in [2.75, 3.05) is 44.2 Å². The summed E-state index contributed by atoms with van der Waals surface area (Å²) in [5, 5.41) is 8.32. The minimum atomic E-state index is 0.0631. The quantitative estimate of drug-likeness (QED) is 0.750. The number of rotatable bonds is 7. The Bertz CT molecular complexity index is 842. The molecule has 1 aromatic heterocycles. The Labute approximate surface area is 178 Å². The summed E-state index contributed by atoms with van der Waals surface area (Å²) in [5.41, 5.74) is 4.56. The number of benzene rings is 1. The zero-order chi connectivity index (χ0) is 21.0. The number of aromatic nitrogens is 2. The van der Waals surface area contributed by atoms with E-state index in [2.05, 4.69) is 39.3 Å². The van der Waals surface area contributed by atoms with Gasteiger partial charge in [-0.2, -0.15) is 5.10 Å². The van der Waals surface area contributed by atoms with Crippen LogP contribution in [0, 0.1) is 20.8 Å². The first-order chi connectivity index (χ1) is 13.8. The van der Waals surface area contributed by atoms with E-state index in [-0.39, 0.29) is 11.9 Å². The van der Waals surface area contributed by atoms with Gasteiger partial charge in [-0.15, -0.1) is 0 Å². The highest BCUT2D eigenvalue weighted by atomic mass is 35.5. The van der Waals surface area contributed by atoms with Crippen LogP contribution < -0.4 is 10.2 Å². The number of halogens is 1. The van der Waals surface area contributed by atoms with Gasteiger partial charge in [0.05, 0.1) is 11.7 Å². The van der Waals surface area contributed by atoms with E-state index in [1.807, 2.05) is 37.6 Å². The molecule has 0 saturated carbocycles. The zero-order valence-corrected chi connectivity index (χ0v) is 18.7. The lowest BCUT2D eigenvalue weighted by Crippen LogP contribution is -2.48. The maximum atomic E-state index is 12.3. The van der Waals surface area contributed by atoms with Crippen molar-refractivity contribution in [3.05, 3.63) is 46.2 Å². The van der Waals surface area contributed by atoms with Gasteiger partial charge in [0.25, 0.3) is 0 Å². The van der Waals surface area contributed by atoms with Gasteiger partial charge in [0.1, 0.15) is 0 Å². The first-order valence-corrected chi connectivity index (χ1v) is 10.7. The number of nitrogens with zero attached hydrogens (tertiary/aromatic N) is 4. The number of hydrogen-bond acceptors (Lipinski definition) is 4. The van der Waals surface area contributed by atoms with Gasteiger partial charge in [0.15, 0.2) is 0 Å². The summed E-state index contributed by atoms with van der Waals surface area (Å²) in [6.07, 6.45) is 0.448. The first-order valence-electron chi connectivity index (χ1n) is 10.4. The maximum absolute atomic E-state index is 12.3. The number of piperazine rings is 1. The van der Waals surface area contributed by atoms with E-state index in [9.17, 15) is 4.79 Å². The smallest absolute Gasteiger partial charge is 0.222 e. The lowest BCUT2D eigenvalue weighted by Gasteiger charge is -2.36. The molecule has 1 N–H and O–H groups in total. The lowest BCUT2D eigenvalue weighted by atomic mass is 10.1. The average Bonchev–Trinajstić information content (AvgIpc) is 3.02. The fraction of sp³-hybridized carbons (Fsp3) is 0.545. The molecule has 1 aromatic carbocycles. The second-order valence-corrected chi connectivity index (χ2v) is 8.47. The van der Waals surface area contributed by atoms with Gasteiger partial charge < -0.3 is 10.2 Å². The van der Waals surface area contributed by atoms with Crippen LogP contribution in [0.2, 0.25) is 5.02 Å². The highest BCUT2D eigenvalue weighted by molar-refractivity contribution is 6.30. The second-order valence-electron chi connectivity index (χ2n) is 8.03. The minimum Gasteiger partial charge on any atom is -0.369 e. The SMILES string of the molecule is Cc1cc(C)n([C@@H](C)CC(=O)NCCN2CCN(c3cc(Cl)ccc3C)CC2)n1. The number of aryl methyl sites for hydroxylation is 3. The molecule has 7 heteroatoms.